The van der Waals surface area contributed by atoms with Crippen LogP contribution < -0.4 is 11.5 Å². The lowest BCUT2D eigenvalue weighted by Gasteiger charge is -1.99. The average molecular weight is 319 g/mol. The van der Waals surface area contributed by atoms with Gasteiger partial charge in [0.2, 0.25) is 0 Å². The number of aryl methyl sites for hydroxylation is 1. The van der Waals surface area contributed by atoms with E-state index in [1.54, 1.807) is 0 Å². The average Bonchev–Trinajstić information content (AvgIpc) is 3.08. The zero-order valence-corrected chi connectivity index (χ0v) is 13.2. The first-order valence-corrected chi connectivity index (χ1v) is 7.59. The smallest absolute Gasteiger partial charge is 0.191 e. The summed E-state index contributed by atoms with van der Waals surface area (Å²) in [7, 11) is 2.02. The third-order valence-corrected chi connectivity index (χ3v) is 3.98. The molecule has 0 aliphatic rings. The minimum Gasteiger partial charge on any atom is -0.370 e. The molecule has 120 valence electrons. The van der Waals surface area contributed by atoms with Crippen molar-refractivity contribution in [3.05, 3.63) is 54.1 Å². The molecule has 2 aromatic carbocycles. The number of benzene rings is 2. The highest BCUT2D eigenvalue weighted by molar-refractivity contribution is 5.83. The number of aromatic amines is 1. The molecule has 2 aromatic heterocycles. The molecule has 0 aliphatic heterocycles. The van der Waals surface area contributed by atoms with Crippen molar-refractivity contribution in [1.82, 2.24) is 19.5 Å². The minimum atomic E-state index is 0.0359. The number of nitrogens with zero attached hydrogens (tertiary/aromatic N) is 4. The van der Waals surface area contributed by atoms with Gasteiger partial charge in [-0.15, -0.1) is 0 Å². The van der Waals surface area contributed by atoms with Crippen LogP contribution in [0.15, 0.2) is 47.5 Å². The molecule has 0 radical (unpaired) electrons. The van der Waals surface area contributed by atoms with Crippen LogP contribution in [0.3, 0.4) is 0 Å². The number of aliphatic imine (C=N–C) groups is 1. The van der Waals surface area contributed by atoms with Crippen LogP contribution in [0.5, 0.6) is 0 Å². The Bertz CT molecular complexity index is 1070. The molecule has 0 bridgehead atoms. The molecule has 7 heteroatoms. The number of imidazole rings is 2. The fourth-order valence-electron chi connectivity index (χ4n) is 2.86. The molecule has 7 nitrogen and oxygen atoms in total. The maximum absolute atomic E-state index is 5.42. The summed E-state index contributed by atoms with van der Waals surface area (Å²) in [5.41, 5.74) is 15.4. The van der Waals surface area contributed by atoms with E-state index in [9.17, 15) is 0 Å². The summed E-state index contributed by atoms with van der Waals surface area (Å²) in [6.07, 6.45) is 0.623. The van der Waals surface area contributed by atoms with Gasteiger partial charge in [0.1, 0.15) is 11.6 Å². The predicted octanol–water partition coefficient (Wildman–Crippen LogP) is 1.95. The summed E-state index contributed by atoms with van der Waals surface area (Å²) >= 11 is 0. The van der Waals surface area contributed by atoms with Gasteiger partial charge in [0.05, 0.1) is 34.2 Å². The lowest BCUT2D eigenvalue weighted by molar-refractivity contribution is 0.824. The summed E-state index contributed by atoms with van der Waals surface area (Å²) in [6, 6.07) is 13.7. The molecule has 4 rings (SSSR count). The number of fused-ring (bicyclic) bond motifs is 2. The van der Waals surface area contributed by atoms with Gasteiger partial charge in [0, 0.05) is 7.05 Å². The standard InChI is InChI=1S/C17H17N7/c1-24-14-5-3-2-4-12(14)23-16(24)9-15-21-11-7-6-10(20-17(18)19)8-13(11)22-15/h2-8H,9H2,1H3,(H,21,22)(H4,18,19,20). The number of H-pyrrole nitrogens is 1. The number of rotatable bonds is 3. The Kier molecular flexibility index (Phi) is 3.19. The number of aromatic nitrogens is 4. The van der Waals surface area contributed by atoms with Gasteiger partial charge in [-0.2, -0.15) is 0 Å². The highest BCUT2D eigenvalue weighted by Gasteiger charge is 2.11. The molecule has 0 spiro atoms. The summed E-state index contributed by atoms with van der Waals surface area (Å²) < 4.78 is 2.09. The second-order valence-electron chi connectivity index (χ2n) is 5.67. The molecule has 2 heterocycles. The highest BCUT2D eigenvalue weighted by Crippen LogP contribution is 2.21. The van der Waals surface area contributed by atoms with Crippen molar-refractivity contribution in [3.8, 4) is 0 Å². The SMILES string of the molecule is Cn1c(Cc2nc3ccc(N=C(N)N)cc3[nH]2)nc2ccccc21. The van der Waals surface area contributed by atoms with E-state index in [-0.39, 0.29) is 5.96 Å². The molecule has 0 aliphatic carbocycles. The Morgan fingerprint density at radius 1 is 1.12 bits per heavy atom. The van der Waals surface area contributed by atoms with Crippen LogP contribution in [0.2, 0.25) is 0 Å². The third kappa shape index (κ3) is 2.45. The summed E-state index contributed by atoms with van der Waals surface area (Å²) in [6.45, 7) is 0. The van der Waals surface area contributed by atoms with Crippen LogP contribution in [0, 0.1) is 0 Å². The molecule has 0 atom stereocenters. The summed E-state index contributed by atoms with van der Waals surface area (Å²) in [4.78, 5) is 16.7. The van der Waals surface area contributed by atoms with Crippen molar-refractivity contribution in [1.29, 1.82) is 0 Å². The normalized spacial score (nSPS) is 11.2. The van der Waals surface area contributed by atoms with Crippen LogP contribution in [0.1, 0.15) is 11.6 Å². The Balaban J connectivity index is 1.71. The molecule has 4 aromatic rings. The van der Waals surface area contributed by atoms with Crippen molar-refractivity contribution in [2.24, 2.45) is 23.5 Å². The van der Waals surface area contributed by atoms with E-state index < -0.39 is 0 Å². The van der Waals surface area contributed by atoms with Crippen LogP contribution in [-0.2, 0) is 13.5 Å². The molecule has 0 amide bonds. The van der Waals surface area contributed by atoms with Gasteiger partial charge in [-0.3, -0.25) is 0 Å². The van der Waals surface area contributed by atoms with E-state index in [1.165, 1.54) is 0 Å². The molecule has 24 heavy (non-hydrogen) atoms. The van der Waals surface area contributed by atoms with Gasteiger partial charge >= 0.3 is 0 Å². The topological polar surface area (TPSA) is 111 Å². The van der Waals surface area contributed by atoms with E-state index >= 15 is 0 Å². The first-order valence-electron chi connectivity index (χ1n) is 7.59. The number of nitrogens with two attached hydrogens (primary N) is 2. The summed E-state index contributed by atoms with van der Waals surface area (Å²) in [5, 5.41) is 0. The number of hydrogen-bond acceptors (Lipinski definition) is 3. The molecule has 0 unspecified atom stereocenters. The summed E-state index contributed by atoms with van der Waals surface area (Å²) in [5.74, 6) is 1.85. The van der Waals surface area contributed by atoms with Crippen LogP contribution in [0.4, 0.5) is 5.69 Å². The van der Waals surface area contributed by atoms with Crippen molar-refractivity contribution in [2.45, 2.75) is 6.42 Å². The molecular formula is C17H17N7. The van der Waals surface area contributed by atoms with Gasteiger partial charge in [-0.25, -0.2) is 15.0 Å². The van der Waals surface area contributed by atoms with Crippen LogP contribution >= 0.6 is 0 Å². The maximum atomic E-state index is 5.42. The van der Waals surface area contributed by atoms with Gasteiger partial charge in [-0.1, -0.05) is 12.1 Å². The first-order chi connectivity index (χ1) is 11.6. The van der Waals surface area contributed by atoms with Crippen molar-refractivity contribution < 1.29 is 0 Å². The van der Waals surface area contributed by atoms with E-state index in [0.717, 1.165) is 33.7 Å². The van der Waals surface area contributed by atoms with Gasteiger partial charge in [-0.05, 0) is 30.3 Å². The number of para-hydroxylation sites is 2. The van der Waals surface area contributed by atoms with E-state index in [2.05, 4.69) is 30.6 Å². The lowest BCUT2D eigenvalue weighted by atomic mass is 10.3. The Morgan fingerprint density at radius 3 is 2.75 bits per heavy atom. The maximum Gasteiger partial charge on any atom is 0.191 e. The second kappa shape index (κ2) is 5.38. The molecule has 5 N–H and O–H groups in total. The fourth-order valence-corrected chi connectivity index (χ4v) is 2.86. The molecular weight excluding hydrogens is 302 g/mol. The molecule has 0 saturated carbocycles. The van der Waals surface area contributed by atoms with Gasteiger partial charge in [0.15, 0.2) is 5.96 Å². The predicted molar refractivity (Wildman–Crippen MR) is 95.1 cm³/mol. The Morgan fingerprint density at radius 2 is 1.96 bits per heavy atom. The second-order valence-corrected chi connectivity index (χ2v) is 5.67. The molecule has 0 fully saturated rings. The van der Waals surface area contributed by atoms with Gasteiger partial charge in [0.25, 0.3) is 0 Å². The van der Waals surface area contributed by atoms with Crippen LogP contribution in [-0.4, -0.2) is 25.5 Å². The first kappa shape index (κ1) is 14.3. The van der Waals surface area contributed by atoms with Crippen molar-refractivity contribution >= 4 is 33.7 Å². The Hall–Kier alpha value is -3.35. The number of hydrogen-bond donors (Lipinski definition) is 3. The largest absolute Gasteiger partial charge is 0.370 e. The zero-order chi connectivity index (χ0) is 16.7. The highest BCUT2D eigenvalue weighted by atomic mass is 15.1. The third-order valence-electron chi connectivity index (χ3n) is 3.98. The van der Waals surface area contributed by atoms with Crippen molar-refractivity contribution in [2.75, 3.05) is 0 Å². The molecule has 0 saturated heterocycles. The van der Waals surface area contributed by atoms with Crippen molar-refractivity contribution in [3.63, 3.8) is 0 Å². The van der Waals surface area contributed by atoms with Crippen LogP contribution in [0.25, 0.3) is 22.1 Å². The van der Waals surface area contributed by atoms with E-state index in [4.69, 9.17) is 11.5 Å². The Labute approximate surface area is 138 Å². The van der Waals surface area contributed by atoms with E-state index in [1.807, 2.05) is 43.4 Å². The van der Waals surface area contributed by atoms with E-state index in [0.29, 0.717) is 12.1 Å². The zero-order valence-electron chi connectivity index (χ0n) is 13.2. The number of guanidine groups is 1. The number of nitrogens with one attached hydrogen (secondary N) is 1. The van der Waals surface area contributed by atoms with Gasteiger partial charge < -0.3 is 21.0 Å². The fraction of sp³-hybridized carbons (Fsp3) is 0.118. The monoisotopic (exact) mass is 319 g/mol. The lowest BCUT2D eigenvalue weighted by Crippen LogP contribution is -2.21. The quantitative estimate of drug-likeness (QED) is 0.396. The minimum absolute atomic E-state index is 0.0359.